The number of fused-ring (bicyclic) bond motifs is 2. The van der Waals surface area contributed by atoms with Gasteiger partial charge in [0.05, 0.1) is 48.9 Å². The van der Waals surface area contributed by atoms with Crippen LogP contribution in [-0.2, 0) is 12.4 Å². The molecule has 0 aliphatic carbocycles. The molecule has 6 N–H and O–H groups in total. The zero-order valence-electron chi connectivity index (χ0n) is 43.2. The number of nitrogens with zero attached hydrogens (tertiary/aromatic N) is 10. The number of pyridine rings is 2. The van der Waals surface area contributed by atoms with E-state index in [1.807, 2.05) is 13.8 Å². The van der Waals surface area contributed by atoms with Gasteiger partial charge >= 0.3 is 12.4 Å². The molecule has 4 unspecified atom stereocenters. The van der Waals surface area contributed by atoms with Gasteiger partial charge in [-0.2, -0.15) is 36.5 Å². The summed E-state index contributed by atoms with van der Waals surface area (Å²) in [6.07, 6.45) is -4.34. The molecule has 6 aromatic heterocycles. The molecule has 2 amide bonds. The number of carbonyl (C=O) groups is 2. The van der Waals surface area contributed by atoms with E-state index in [9.17, 15) is 54.9 Å². The van der Waals surface area contributed by atoms with Crippen molar-refractivity contribution in [3.63, 3.8) is 0 Å². The lowest BCUT2D eigenvalue weighted by atomic mass is 9.74. The van der Waals surface area contributed by atoms with Crippen LogP contribution in [-0.4, -0.2) is 111 Å². The van der Waals surface area contributed by atoms with E-state index in [1.165, 1.54) is 87.3 Å². The number of likely N-dealkylation sites (tertiary alicyclic amines) is 2. The van der Waals surface area contributed by atoms with Crippen molar-refractivity contribution in [3.05, 3.63) is 143 Å². The van der Waals surface area contributed by atoms with Crippen LogP contribution in [0.1, 0.15) is 94.7 Å². The first-order valence-electron chi connectivity index (χ1n) is 24.8. The topological polar surface area (TPSA) is 238 Å². The van der Waals surface area contributed by atoms with Crippen LogP contribution in [0.5, 0.6) is 11.8 Å². The van der Waals surface area contributed by atoms with E-state index in [0.29, 0.717) is 49.9 Å². The Morgan fingerprint density at radius 3 is 1.30 bits per heavy atom. The fourth-order valence-corrected chi connectivity index (χ4v) is 10.6. The van der Waals surface area contributed by atoms with Crippen LogP contribution in [0.3, 0.4) is 0 Å². The van der Waals surface area contributed by atoms with Crippen molar-refractivity contribution in [3.8, 4) is 34.3 Å². The van der Waals surface area contributed by atoms with Gasteiger partial charge in [-0.3, -0.25) is 9.59 Å². The number of alkyl halides is 6. The molecule has 10 rings (SSSR count). The molecule has 0 bridgehead atoms. The highest BCUT2D eigenvalue weighted by molar-refractivity contribution is 5.98. The Kier molecular flexibility index (Phi) is 15.2. The average Bonchev–Trinajstić information content (AvgIpc) is 4.15. The van der Waals surface area contributed by atoms with Crippen molar-refractivity contribution in [2.45, 2.75) is 64.1 Å². The summed E-state index contributed by atoms with van der Waals surface area (Å²) in [7, 11) is 2.67. The van der Waals surface area contributed by atoms with Gasteiger partial charge in [0.2, 0.25) is 11.8 Å². The smallest absolute Gasteiger partial charge is 0.418 e. The highest BCUT2D eigenvalue weighted by Crippen LogP contribution is 2.45. The predicted octanol–water partition coefficient (Wildman–Crippen LogP) is 9.03. The van der Waals surface area contributed by atoms with Crippen LogP contribution < -0.4 is 20.9 Å². The van der Waals surface area contributed by atoms with E-state index in [1.54, 1.807) is 9.80 Å². The Bertz CT molecular complexity index is 3380. The van der Waals surface area contributed by atoms with Crippen LogP contribution in [0.4, 0.5) is 46.8 Å². The van der Waals surface area contributed by atoms with Gasteiger partial charge in [0.15, 0.2) is 11.6 Å². The number of nitrogen functional groups attached to an aromatic ring is 2. The third kappa shape index (κ3) is 10.8. The van der Waals surface area contributed by atoms with Crippen LogP contribution in [0.15, 0.2) is 97.8 Å². The maximum atomic E-state index is 13.8. The molecule has 2 aliphatic rings. The molecule has 80 heavy (non-hydrogen) atoms. The maximum absolute atomic E-state index is 13.8. The standard InChI is InChI=1S/2C27H26F4N6O3/c2*1-26(22(38)15-4-6-17(28)7-5-15)8-3-9-36(13-26)25(39)18-10-16(12-33-24(18)40-2)20-11-19(27(29,30)31)21-23(32)34-14-35-37(20)21/h2*4-7,10-12,14,22,38H,3,8-9,13H2,1-2H3,(H2,32,34,35). The largest absolute Gasteiger partial charge is 0.480 e. The summed E-state index contributed by atoms with van der Waals surface area (Å²) in [5.74, 6) is -2.49. The number of rotatable bonds is 10. The second-order valence-corrected chi connectivity index (χ2v) is 20.1. The van der Waals surface area contributed by atoms with Crippen LogP contribution >= 0.6 is 0 Å². The van der Waals surface area contributed by atoms with E-state index in [0.717, 1.165) is 33.8 Å². The van der Waals surface area contributed by atoms with Gasteiger partial charge < -0.3 is 41.0 Å². The Labute approximate surface area is 450 Å². The summed E-state index contributed by atoms with van der Waals surface area (Å²) in [6, 6.07) is 15.7. The third-order valence-corrected chi connectivity index (χ3v) is 14.6. The fraction of sp³-hybridized carbons (Fsp3) is 0.333. The molecule has 8 aromatic rings. The number of benzene rings is 2. The van der Waals surface area contributed by atoms with Crippen LogP contribution in [0.25, 0.3) is 33.5 Å². The highest BCUT2D eigenvalue weighted by Gasteiger charge is 2.43. The molecule has 2 aliphatic heterocycles. The number of hydrogen-bond donors (Lipinski definition) is 4. The number of ether oxygens (including phenoxy) is 2. The SMILES string of the molecule is COc1ncc(-c2cc(C(F)(F)F)c3c(N)ncnn23)cc1C(=O)N1CCCC(C)(C(O)c2ccc(F)cc2)C1.COc1ncc(-c2cc(C(F)(F)F)c3c(N)ncnn23)cc1C(=O)N1CCCC(C)(C(O)c2ccc(F)cc2)C1. The number of aromatic nitrogens is 8. The van der Waals surface area contributed by atoms with Crippen molar-refractivity contribution >= 4 is 34.5 Å². The average molecular weight is 1120 g/mol. The second-order valence-electron chi connectivity index (χ2n) is 20.1. The van der Waals surface area contributed by atoms with Gasteiger partial charge in [0.1, 0.15) is 46.4 Å². The number of methoxy groups -OCH3 is 2. The van der Waals surface area contributed by atoms with E-state index in [4.69, 9.17) is 20.9 Å². The number of piperidine rings is 2. The summed E-state index contributed by atoms with van der Waals surface area (Å²) in [6.45, 7) is 4.81. The summed E-state index contributed by atoms with van der Waals surface area (Å²) in [4.78, 5) is 46.4. The molecular formula is C54H52F8N12O6. The van der Waals surface area contributed by atoms with Crippen molar-refractivity contribution in [1.29, 1.82) is 0 Å². The molecule has 0 saturated carbocycles. The molecule has 4 atom stereocenters. The van der Waals surface area contributed by atoms with Gasteiger partial charge in [-0.25, -0.2) is 37.7 Å². The fourth-order valence-electron chi connectivity index (χ4n) is 10.6. The summed E-state index contributed by atoms with van der Waals surface area (Å²) < 4.78 is 122. The Hall–Kier alpha value is -8.52. The molecule has 26 heteroatoms. The number of hydrogen-bond acceptors (Lipinski definition) is 14. The lowest BCUT2D eigenvalue weighted by Gasteiger charge is -2.43. The number of nitrogens with two attached hydrogens (primary N) is 2. The first-order valence-corrected chi connectivity index (χ1v) is 24.8. The molecule has 18 nitrogen and oxygen atoms in total. The monoisotopic (exact) mass is 1120 g/mol. The zero-order valence-corrected chi connectivity index (χ0v) is 43.2. The van der Waals surface area contributed by atoms with E-state index < -0.39 is 81.0 Å². The lowest BCUT2D eigenvalue weighted by Crippen LogP contribution is -2.47. The predicted molar refractivity (Wildman–Crippen MR) is 274 cm³/mol. The summed E-state index contributed by atoms with van der Waals surface area (Å²) in [5, 5.41) is 30.2. The first kappa shape index (κ1) is 56.2. The maximum Gasteiger partial charge on any atom is 0.418 e. The van der Waals surface area contributed by atoms with Crippen molar-refractivity contribution < 1.29 is 64.4 Å². The molecule has 2 aromatic carbocycles. The van der Waals surface area contributed by atoms with E-state index in [2.05, 4.69) is 30.1 Å². The van der Waals surface area contributed by atoms with Crippen LogP contribution in [0, 0.1) is 22.5 Å². The quantitative estimate of drug-likeness (QED) is 0.0935. The van der Waals surface area contributed by atoms with E-state index in [-0.39, 0.29) is 70.1 Å². The van der Waals surface area contributed by atoms with Gasteiger partial charge in [0.25, 0.3) is 11.8 Å². The number of anilines is 2. The van der Waals surface area contributed by atoms with Crippen LogP contribution in [0.2, 0.25) is 0 Å². The Morgan fingerprint density at radius 2 is 0.963 bits per heavy atom. The minimum atomic E-state index is -4.73. The van der Waals surface area contributed by atoms with Crippen molar-refractivity contribution in [2.24, 2.45) is 10.8 Å². The Morgan fingerprint density at radius 1 is 0.600 bits per heavy atom. The molecular weight excluding hydrogens is 1060 g/mol. The van der Waals surface area contributed by atoms with Crippen molar-refractivity contribution in [1.82, 2.24) is 49.0 Å². The van der Waals surface area contributed by atoms with E-state index >= 15 is 0 Å². The van der Waals surface area contributed by atoms with Gasteiger partial charge in [-0.15, -0.1) is 0 Å². The normalized spacial score (nSPS) is 18.6. The zero-order chi connectivity index (χ0) is 57.6. The molecule has 2 fully saturated rings. The minimum absolute atomic E-state index is 0.00819. The lowest BCUT2D eigenvalue weighted by molar-refractivity contribution is -0.137. The molecule has 8 heterocycles. The summed E-state index contributed by atoms with van der Waals surface area (Å²) in [5.41, 5.74) is 8.68. The Balaban J connectivity index is 0.000000194. The van der Waals surface area contributed by atoms with Gasteiger partial charge in [0, 0.05) is 60.5 Å². The van der Waals surface area contributed by atoms with Gasteiger partial charge in [-0.1, -0.05) is 38.1 Å². The van der Waals surface area contributed by atoms with Crippen molar-refractivity contribution in [2.75, 3.05) is 51.9 Å². The number of carbonyl (C=O) groups excluding carboxylic acids is 2. The summed E-state index contributed by atoms with van der Waals surface area (Å²) >= 11 is 0. The number of amides is 2. The molecule has 420 valence electrons. The number of halogens is 8. The molecule has 0 spiro atoms. The third-order valence-electron chi connectivity index (χ3n) is 14.6. The number of aliphatic hydroxyl groups excluding tert-OH is 2. The first-order chi connectivity index (χ1) is 37.8. The molecule has 2 saturated heterocycles. The highest BCUT2D eigenvalue weighted by atomic mass is 19.4. The number of aliphatic hydroxyl groups is 2. The second kappa shape index (κ2) is 21.6. The molecule has 0 radical (unpaired) electrons. The van der Waals surface area contributed by atoms with Gasteiger partial charge in [-0.05, 0) is 85.3 Å². The minimum Gasteiger partial charge on any atom is -0.480 e.